The first-order valence-corrected chi connectivity index (χ1v) is 5.59. The van der Waals surface area contributed by atoms with Gasteiger partial charge in [-0.05, 0) is 31.5 Å². The van der Waals surface area contributed by atoms with E-state index in [0.717, 1.165) is 13.1 Å². The van der Waals surface area contributed by atoms with Crippen LogP contribution in [0.5, 0.6) is 5.88 Å². The number of rotatable bonds is 3. The molecule has 1 saturated heterocycles. The van der Waals surface area contributed by atoms with E-state index in [9.17, 15) is 0 Å². The number of hydrogen-bond acceptors (Lipinski definition) is 4. The first-order chi connectivity index (χ1) is 7.90. The van der Waals surface area contributed by atoms with Crippen LogP contribution in [-0.2, 0) is 0 Å². The van der Waals surface area contributed by atoms with Gasteiger partial charge in [0.05, 0.1) is 6.61 Å². The summed E-state index contributed by atoms with van der Waals surface area (Å²) in [6.45, 7) is 2.73. The SMILES string of the molecule is N#Cc1cccnc1OC[C@H]1CCCNC1. The van der Waals surface area contributed by atoms with Crippen molar-refractivity contribution in [2.75, 3.05) is 19.7 Å². The number of piperidine rings is 1. The molecule has 0 radical (unpaired) electrons. The average Bonchev–Trinajstić information content (AvgIpc) is 2.38. The second-order valence-electron chi connectivity index (χ2n) is 3.99. The normalized spacial score (nSPS) is 20.1. The molecule has 0 bridgehead atoms. The van der Waals surface area contributed by atoms with E-state index in [4.69, 9.17) is 10.00 Å². The molecule has 0 amide bonds. The molecule has 2 heterocycles. The van der Waals surface area contributed by atoms with Crippen LogP contribution in [0.1, 0.15) is 18.4 Å². The van der Waals surface area contributed by atoms with E-state index >= 15 is 0 Å². The van der Waals surface area contributed by atoms with E-state index in [1.807, 2.05) is 0 Å². The van der Waals surface area contributed by atoms with Crippen molar-refractivity contribution in [1.29, 1.82) is 5.26 Å². The minimum Gasteiger partial charge on any atom is -0.476 e. The number of hydrogen-bond donors (Lipinski definition) is 1. The van der Waals surface area contributed by atoms with Gasteiger partial charge in [0.25, 0.3) is 0 Å². The van der Waals surface area contributed by atoms with Crippen LogP contribution < -0.4 is 10.1 Å². The molecule has 0 saturated carbocycles. The Kier molecular flexibility index (Phi) is 3.73. The van der Waals surface area contributed by atoms with Crippen LogP contribution >= 0.6 is 0 Å². The molecule has 4 heteroatoms. The van der Waals surface area contributed by atoms with Gasteiger partial charge in [-0.1, -0.05) is 0 Å². The summed E-state index contributed by atoms with van der Waals surface area (Å²) in [5.74, 6) is 0.984. The lowest BCUT2D eigenvalue weighted by Gasteiger charge is -2.22. The molecule has 0 aliphatic carbocycles. The summed E-state index contributed by atoms with van der Waals surface area (Å²) in [6.07, 6.45) is 4.03. The molecule has 1 aromatic rings. The standard InChI is InChI=1S/C12H15N3O/c13-7-11-4-2-6-15-12(11)16-9-10-3-1-5-14-8-10/h2,4,6,10,14H,1,3,5,8-9H2/t10-/m0/s1. The van der Waals surface area contributed by atoms with E-state index < -0.39 is 0 Å². The van der Waals surface area contributed by atoms with Crippen LogP contribution in [0.15, 0.2) is 18.3 Å². The summed E-state index contributed by atoms with van der Waals surface area (Å²) in [4.78, 5) is 4.07. The Bertz CT molecular complexity index is 380. The maximum atomic E-state index is 8.87. The zero-order chi connectivity index (χ0) is 11.2. The maximum Gasteiger partial charge on any atom is 0.231 e. The number of pyridine rings is 1. The third-order valence-electron chi connectivity index (χ3n) is 2.75. The second kappa shape index (κ2) is 5.47. The van der Waals surface area contributed by atoms with Crippen molar-refractivity contribution in [2.24, 2.45) is 5.92 Å². The van der Waals surface area contributed by atoms with Gasteiger partial charge in [0.15, 0.2) is 0 Å². The predicted molar refractivity (Wildman–Crippen MR) is 60.0 cm³/mol. The van der Waals surface area contributed by atoms with Crippen molar-refractivity contribution in [3.63, 3.8) is 0 Å². The number of nitrogens with zero attached hydrogens (tertiary/aromatic N) is 2. The molecule has 0 unspecified atom stereocenters. The molecule has 0 spiro atoms. The van der Waals surface area contributed by atoms with E-state index in [-0.39, 0.29) is 0 Å². The molecule has 0 aromatic carbocycles. The largest absolute Gasteiger partial charge is 0.476 e. The van der Waals surface area contributed by atoms with Gasteiger partial charge < -0.3 is 10.1 Å². The Morgan fingerprint density at radius 1 is 1.62 bits per heavy atom. The molecule has 1 aromatic heterocycles. The summed E-state index contributed by atoms with van der Waals surface area (Å²) < 4.78 is 5.59. The van der Waals surface area contributed by atoms with Gasteiger partial charge in [0, 0.05) is 18.7 Å². The maximum absolute atomic E-state index is 8.87. The minimum atomic E-state index is 0.454. The number of aromatic nitrogens is 1. The summed E-state index contributed by atoms with van der Waals surface area (Å²) >= 11 is 0. The van der Waals surface area contributed by atoms with Gasteiger partial charge >= 0.3 is 0 Å². The number of nitrogens with one attached hydrogen (secondary N) is 1. The van der Waals surface area contributed by atoms with Gasteiger partial charge in [-0.15, -0.1) is 0 Å². The molecule has 16 heavy (non-hydrogen) atoms. The highest BCUT2D eigenvalue weighted by Gasteiger charge is 2.14. The van der Waals surface area contributed by atoms with Crippen LogP contribution in [0, 0.1) is 17.2 Å². The molecule has 1 aliphatic heterocycles. The molecule has 1 aliphatic rings. The quantitative estimate of drug-likeness (QED) is 0.829. The zero-order valence-corrected chi connectivity index (χ0v) is 9.15. The van der Waals surface area contributed by atoms with Gasteiger partial charge in [0.2, 0.25) is 5.88 Å². The van der Waals surface area contributed by atoms with E-state index in [0.29, 0.717) is 24.0 Å². The molecule has 84 valence electrons. The fourth-order valence-corrected chi connectivity index (χ4v) is 1.85. The minimum absolute atomic E-state index is 0.454. The van der Waals surface area contributed by atoms with Crippen molar-refractivity contribution >= 4 is 0 Å². The molecule has 1 atom stereocenters. The Morgan fingerprint density at radius 3 is 3.31 bits per heavy atom. The van der Waals surface area contributed by atoms with Crippen LogP contribution in [-0.4, -0.2) is 24.7 Å². The Labute approximate surface area is 95.3 Å². The summed E-state index contributed by atoms with van der Waals surface area (Å²) in [6, 6.07) is 5.55. The highest BCUT2D eigenvalue weighted by molar-refractivity contribution is 5.36. The van der Waals surface area contributed by atoms with E-state index in [2.05, 4.69) is 16.4 Å². The molecule has 4 nitrogen and oxygen atoms in total. The van der Waals surface area contributed by atoms with Crippen LogP contribution in [0.2, 0.25) is 0 Å². The van der Waals surface area contributed by atoms with E-state index in [1.54, 1.807) is 18.3 Å². The smallest absolute Gasteiger partial charge is 0.231 e. The van der Waals surface area contributed by atoms with Crippen molar-refractivity contribution in [2.45, 2.75) is 12.8 Å². The number of ether oxygens (including phenoxy) is 1. The summed E-state index contributed by atoms with van der Waals surface area (Å²) in [5.41, 5.74) is 0.506. The Balaban J connectivity index is 1.91. The average molecular weight is 217 g/mol. The van der Waals surface area contributed by atoms with Crippen molar-refractivity contribution in [1.82, 2.24) is 10.3 Å². The summed E-state index contributed by atoms with van der Waals surface area (Å²) in [7, 11) is 0. The first kappa shape index (κ1) is 10.9. The lowest BCUT2D eigenvalue weighted by molar-refractivity contribution is 0.211. The Morgan fingerprint density at radius 2 is 2.56 bits per heavy atom. The molecular formula is C12H15N3O. The monoisotopic (exact) mass is 217 g/mol. The van der Waals surface area contributed by atoms with Gasteiger partial charge in [-0.2, -0.15) is 5.26 Å². The fourth-order valence-electron chi connectivity index (χ4n) is 1.85. The highest BCUT2D eigenvalue weighted by Crippen LogP contribution is 2.16. The van der Waals surface area contributed by atoms with Crippen LogP contribution in [0.3, 0.4) is 0 Å². The van der Waals surface area contributed by atoms with Crippen LogP contribution in [0.25, 0.3) is 0 Å². The zero-order valence-electron chi connectivity index (χ0n) is 9.15. The lowest BCUT2D eigenvalue weighted by atomic mass is 10.0. The number of nitriles is 1. The fraction of sp³-hybridized carbons (Fsp3) is 0.500. The Hall–Kier alpha value is -1.60. The van der Waals surface area contributed by atoms with Gasteiger partial charge in [-0.3, -0.25) is 0 Å². The lowest BCUT2D eigenvalue weighted by Crippen LogP contribution is -2.33. The van der Waals surface area contributed by atoms with Crippen molar-refractivity contribution < 1.29 is 4.74 Å². The third kappa shape index (κ3) is 2.71. The van der Waals surface area contributed by atoms with Crippen molar-refractivity contribution in [3.05, 3.63) is 23.9 Å². The molecule has 2 rings (SSSR count). The van der Waals surface area contributed by atoms with Gasteiger partial charge in [-0.25, -0.2) is 4.98 Å². The second-order valence-corrected chi connectivity index (χ2v) is 3.99. The topological polar surface area (TPSA) is 57.9 Å². The molecule has 1 fully saturated rings. The highest BCUT2D eigenvalue weighted by atomic mass is 16.5. The van der Waals surface area contributed by atoms with Crippen LogP contribution in [0.4, 0.5) is 0 Å². The van der Waals surface area contributed by atoms with Gasteiger partial charge in [0.1, 0.15) is 11.6 Å². The van der Waals surface area contributed by atoms with Crippen molar-refractivity contribution in [3.8, 4) is 11.9 Å². The molecule has 1 N–H and O–H groups in total. The first-order valence-electron chi connectivity index (χ1n) is 5.59. The van der Waals surface area contributed by atoms with E-state index in [1.165, 1.54) is 12.8 Å². The predicted octanol–water partition coefficient (Wildman–Crippen LogP) is 1.33. The third-order valence-corrected chi connectivity index (χ3v) is 2.75. The summed E-state index contributed by atoms with van der Waals surface area (Å²) in [5, 5.41) is 12.2. The molecular weight excluding hydrogens is 202 g/mol.